The molecule has 0 radical (unpaired) electrons. The van der Waals surface area contributed by atoms with Crippen LogP contribution in [-0.2, 0) is 19.6 Å². The van der Waals surface area contributed by atoms with Gasteiger partial charge in [0.15, 0.2) is 5.13 Å². The van der Waals surface area contributed by atoms with Gasteiger partial charge in [-0.05, 0) is 24.3 Å². The van der Waals surface area contributed by atoms with Gasteiger partial charge in [-0.25, -0.2) is 4.98 Å². The van der Waals surface area contributed by atoms with E-state index in [1.807, 2.05) is 0 Å². The minimum absolute atomic E-state index is 0. The van der Waals surface area contributed by atoms with Crippen LogP contribution in [0.15, 0.2) is 53.4 Å². The van der Waals surface area contributed by atoms with Gasteiger partial charge in [-0.15, -0.1) is 12.4 Å². The molecule has 2 aromatic carbocycles. The summed E-state index contributed by atoms with van der Waals surface area (Å²) >= 11 is 1.21. The predicted molar refractivity (Wildman–Crippen MR) is 102 cm³/mol. The Morgan fingerprint density at radius 1 is 1.19 bits per heavy atom. The van der Waals surface area contributed by atoms with Crippen molar-refractivity contribution >= 4 is 55.1 Å². The molecule has 1 N–H and O–H groups in total. The SMILES string of the molecule is COCC(=O)Nc1nc2ccc(OS(=O)(=O)c3ccccc3)cc2s1.Cl. The number of amides is 1. The molecule has 0 saturated heterocycles. The van der Waals surface area contributed by atoms with Gasteiger partial charge in [0.2, 0.25) is 0 Å². The molecular formula is C16H15ClN2O5S2. The lowest BCUT2D eigenvalue weighted by atomic mass is 10.3. The number of thiazole rings is 1. The minimum Gasteiger partial charge on any atom is -0.379 e. The van der Waals surface area contributed by atoms with E-state index in [-0.39, 0.29) is 35.6 Å². The summed E-state index contributed by atoms with van der Waals surface area (Å²) in [5, 5.41) is 3.01. The number of ether oxygens (including phenoxy) is 1. The Morgan fingerprint density at radius 2 is 1.92 bits per heavy atom. The second-order valence-corrected chi connectivity index (χ2v) is 7.56. The highest BCUT2D eigenvalue weighted by molar-refractivity contribution is 7.87. The quantitative estimate of drug-likeness (QED) is 0.623. The van der Waals surface area contributed by atoms with Gasteiger partial charge in [0.25, 0.3) is 5.91 Å². The lowest BCUT2D eigenvalue weighted by Gasteiger charge is -2.06. The van der Waals surface area contributed by atoms with E-state index in [4.69, 9.17) is 8.92 Å². The maximum absolute atomic E-state index is 12.3. The van der Waals surface area contributed by atoms with Crippen LogP contribution in [-0.4, -0.2) is 33.0 Å². The van der Waals surface area contributed by atoms with Gasteiger partial charge >= 0.3 is 10.1 Å². The summed E-state index contributed by atoms with van der Waals surface area (Å²) in [6, 6.07) is 12.6. The maximum atomic E-state index is 12.3. The first-order chi connectivity index (χ1) is 12.0. The van der Waals surface area contributed by atoms with Crippen molar-refractivity contribution in [1.82, 2.24) is 4.98 Å². The van der Waals surface area contributed by atoms with Gasteiger partial charge in [0.05, 0.1) is 10.2 Å². The van der Waals surface area contributed by atoms with Gasteiger partial charge in [-0.2, -0.15) is 8.42 Å². The fourth-order valence-electron chi connectivity index (χ4n) is 2.06. The number of fused-ring (bicyclic) bond motifs is 1. The van der Waals surface area contributed by atoms with E-state index >= 15 is 0 Å². The molecule has 0 unspecified atom stereocenters. The van der Waals surface area contributed by atoms with Crippen LogP contribution in [0.3, 0.4) is 0 Å². The number of hydrogen-bond acceptors (Lipinski definition) is 7. The van der Waals surface area contributed by atoms with Gasteiger partial charge in [0.1, 0.15) is 17.3 Å². The average Bonchev–Trinajstić information content (AvgIpc) is 2.97. The molecule has 3 aromatic rings. The van der Waals surface area contributed by atoms with Crippen molar-refractivity contribution in [1.29, 1.82) is 0 Å². The summed E-state index contributed by atoms with van der Waals surface area (Å²) in [5.74, 6) is -0.139. The highest BCUT2D eigenvalue weighted by Gasteiger charge is 2.17. The van der Waals surface area contributed by atoms with Gasteiger partial charge in [0, 0.05) is 13.2 Å². The van der Waals surface area contributed by atoms with E-state index in [1.165, 1.54) is 36.6 Å². The highest BCUT2D eigenvalue weighted by Crippen LogP contribution is 2.30. The Hall–Kier alpha value is -2.20. The fraction of sp³-hybridized carbons (Fsp3) is 0.125. The smallest absolute Gasteiger partial charge is 0.339 e. The van der Waals surface area contributed by atoms with E-state index < -0.39 is 10.1 Å². The van der Waals surface area contributed by atoms with E-state index in [9.17, 15) is 13.2 Å². The number of benzene rings is 2. The number of aromatic nitrogens is 1. The predicted octanol–water partition coefficient (Wildman–Crippen LogP) is 3.07. The summed E-state index contributed by atoms with van der Waals surface area (Å²) in [6.07, 6.45) is 0. The molecule has 0 aliphatic carbocycles. The second kappa shape index (κ2) is 8.45. The third kappa shape index (κ3) is 4.70. The summed E-state index contributed by atoms with van der Waals surface area (Å²) in [6.45, 7) is -0.0698. The molecule has 0 atom stereocenters. The van der Waals surface area contributed by atoms with E-state index in [0.29, 0.717) is 15.3 Å². The zero-order chi connectivity index (χ0) is 17.9. The molecule has 1 amide bonds. The largest absolute Gasteiger partial charge is 0.379 e. The molecule has 0 bridgehead atoms. The molecule has 1 aromatic heterocycles. The Morgan fingerprint density at radius 3 is 2.62 bits per heavy atom. The van der Waals surface area contributed by atoms with Gasteiger partial charge in [-0.1, -0.05) is 29.5 Å². The summed E-state index contributed by atoms with van der Waals surface area (Å²) < 4.78 is 35.1. The van der Waals surface area contributed by atoms with Crippen molar-refractivity contribution in [2.45, 2.75) is 4.90 Å². The Bertz CT molecular complexity index is 1010. The van der Waals surface area contributed by atoms with Crippen LogP contribution >= 0.6 is 23.7 Å². The van der Waals surface area contributed by atoms with Crippen LogP contribution in [0.1, 0.15) is 0 Å². The van der Waals surface area contributed by atoms with E-state index in [2.05, 4.69) is 10.3 Å². The average molecular weight is 415 g/mol. The lowest BCUT2D eigenvalue weighted by molar-refractivity contribution is -0.119. The molecule has 0 fully saturated rings. The fourth-order valence-corrected chi connectivity index (χ4v) is 3.91. The van der Waals surface area contributed by atoms with Gasteiger partial charge in [-0.3, -0.25) is 10.1 Å². The molecule has 0 saturated carbocycles. The number of anilines is 1. The summed E-state index contributed by atoms with van der Waals surface area (Å²) in [7, 11) is -2.48. The first-order valence-electron chi connectivity index (χ1n) is 7.17. The Labute approximate surface area is 160 Å². The molecule has 10 heteroatoms. The topological polar surface area (TPSA) is 94.6 Å². The normalized spacial score (nSPS) is 11.0. The van der Waals surface area contributed by atoms with Crippen LogP contribution in [0.5, 0.6) is 5.75 Å². The molecule has 0 aliphatic heterocycles. The summed E-state index contributed by atoms with van der Waals surface area (Å²) in [5.41, 5.74) is 0.627. The number of hydrogen-bond donors (Lipinski definition) is 1. The van der Waals surface area contributed by atoms with E-state index in [1.54, 1.807) is 30.3 Å². The minimum atomic E-state index is -3.90. The van der Waals surface area contributed by atoms with Gasteiger partial charge < -0.3 is 8.92 Å². The van der Waals surface area contributed by atoms with Crippen LogP contribution in [0.4, 0.5) is 5.13 Å². The van der Waals surface area contributed by atoms with Crippen LogP contribution in [0, 0.1) is 0 Å². The van der Waals surface area contributed by atoms with Crippen molar-refractivity contribution in [3.8, 4) is 5.75 Å². The molecule has 1 heterocycles. The summed E-state index contributed by atoms with van der Waals surface area (Å²) in [4.78, 5) is 15.9. The molecule has 3 rings (SSSR count). The molecule has 0 spiro atoms. The Balaban J connectivity index is 0.00000243. The third-order valence-corrected chi connectivity index (χ3v) is 5.31. The third-order valence-electron chi connectivity index (χ3n) is 3.12. The van der Waals surface area contributed by atoms with Crippen molar-refractivity contribution in [3.63, 3.8) is 0 Å². The molecule has 0 aliphatic rings. The number of carbonyl (C=O) groups excluding carboxylic acids is 1. The van der Waals surface area contributed by atoms with Crippen LogP contribution in [0.2, 0.25) is 0 Å². The Kier molecular flexibility index (Phi) is 6.54. The zero-order valence-corrected chi connectivity index (χ0v) is 16.0. The van der Waals surface area contributed by atoms with Crippen molar-refractivity contribution in [2.24, 2.45) is 0 Å². The molecule has 7 nitrogen and oxygen atoms in total. The zero-order valence-electron chi connectivity index (χ0n) is 13.5. The number of nitrogens with zero attached hydrogens (tertiary/aromatic N) is 1. The number of methoxy groups -OCH3 is 1. The first kappa shape index (κ1) is 20.1. The van der Waals surface area contributed by atoms with Crippen molar-refractivity contribution in [3.05, 3.63) is 48.5 Å². The van der Waals surface area contributed by atoms with E-state index in [0.717, 1.165) is 0 Å². The van der Waals surface area contributed by atoms with Crippen molar-refractivity contribution in [2.75, 3.05) is 19.0 Å². The standard InChI is InChI=1S/C16H14N2O5S2.ClH/c1-22-10-15(19)18-16-17-13-8-7-11(9-14(13)24-16)23-25(20,21)12-5-3-2-4-6-12;/h2-9H,10H2,1H3,(H,17,18,19);1H. The maximum Gasteiger partial charge on any atom is 0.339 e. The molecule has 138 valence electrons. The molecule has 26 heavy (non-hydrogen) atoms. The van der Waals surface area contributed by atoms with Crippen LogP contribution < -0.4 is 9.50 Å². The first-order valence-corrected chi connectivity index (χ1v) is 9.39. The number of carbonyl (C=O) groups is 1. The number of halogens is 1. The monoisotopic (exact) mass is 414 g/mol. The number of rotatable bonds is 6. The lowest BCUT2D eigenvalue weighted by Crippen LogP contribution is -2.16. The highest BCUT2D eigenvalue weighted by atomic mass is 35.5. The number of nitrogens with one attached hydrogen (secondary N) is 1. The molecular weight excluding hydrogens is 400 g/mol. The second-order valence-electron chi connectivity index (χ2n) is 4.98. The van der Waals surface area contributed by atoms with Crippen molar-refractivity contribution < 1.29 is 22.1 Å². The van der Waals surface area contributed by atoms with Crippen LogP contribution in [0.25, 0.3) is 10.2 Å².